The highest BCUT2D eigenvalue weighted by Gasteiger charge is 2.09. The molecular formula is C9H9N. The van der Waals surface area contributed by atoms with Crippen molar-refractivity contribution in [1.82, 2.24) is 5.32 Å². The molecular weight excluding hydrogens is 122 g/mol. The number of benzene rings is 1. The molecule has 0 aliphatic carbocycles. The Kier molecular flexibility index (Phi) is 1.21. The van der Waals surface area contributed by atoms with E-state index in [9.17, 15) is 0 Å². The van der Waals surface area contributed by atoms with Crippen molar-refractivity contribution in [3.63, 3.8) is 0 Å². The van der Waals surface area contributed by atoms with Crippen molar-refractivity contribution in [2.75, 3.05) is 0 Å². The van der Waals surface area contributed by atoms with Crippen molar-refractivity contribution >= 4 is 0 Å². The van der Waals surface area contributed by atoms with Crippen LogP contribution in [0.2, 0.25) is 0 Å². The first-order chi connectivity index (χ1) is 4.97. The van der Waals surface area contributed by atoms with Crippen molar-refractivity contribution in [3.05, 3.63) is 48.2 Å². The molecule has 0 saturated heterocycles. The second-order valence-corrected chi connectivity index (χ2v) is 2.41. The molecule has 1 aromatic carbocycles. The molecule has 1 atom stereocenters. The van der Waals surface area contributed by atoms with E-state index in [0.717, 1.165) is 0 Å². The molecule has 1 aliphatic heterocycles. The van der Waals surface area contributed by atoms with Crippen LogP contribution < -0.4 is 5.32 Å². The molecule has 1 nitrogen and oxygen atoms in total. The Bertz CT molecular complexity index is 238. The van der Waals surface area contributed by atoms with Gasteiger partial charge in [0.2, 0.25) is 0 Å². The predicted molar refractivity (Wildman–Crippen MR) is 41.5 cm³/mol. The molecule has 0 amide bonds. The van der Waals surface area contributed by atoms with Crippen molar-refractivity contribution in [2.24, 2.45) is 0 Å². The second-order valence-electron chi connectivity index (χ2n) is 2.41. The van der Waals surface area contributed by atoms with Gasteiger partial charge in [-0.2, -0.15) is 0 Å². The van der Waals surface area contributed by atoms with Gasteiger partial charge >= 0.3 is 0 Å². The Morgan fingerprint density at radius 1 is 1.10 bits per heavy atom. The van der Waals surface area contributed by atoms with Crippen molar-refractivity contribution < 1.29 is 0 Å². The van der Waals surface area contributed by atoms with Gasteiger partial charge in [0.15, 0.2) is 0 Å². The molecule has 0 fully saturated rings. The van der Waals surface area contributed by atoms with Gasteiger partial charge in [0, 0.05) is 0 Å². The molecule has 50 valence electrons. The van der Waals surface area contributed by atoms with Crippen LogP contribution in [-0.2, 0) is 0 Å². The van der Waals surface area contributed by atoms with E-state index in [1.807, 2.05) is 12.3 Å². The second kappa shape index (κ2) is 2.18. The first-order valence-corrected chi connectivity index (χ1v) is 3.44. The van der Waals surface area contributed by atoms with Gasteiger partial charge in [-0.1, -0.05) is 30.3 Å². The molecule has 0 saturated carbocycles. The molecule has 0 spiro atoms. The van der Waals surface area contributed by atoms with E-state index in [1.165, 1.54) is 5.56 Å². The highest BCUT2D eigenvalue weighted by molar-refractivity contribution is 5.26. The fraction of sp³-hybridized carbons (Fsp3) is 0.111. The smallest absolute Gasteiger partial charge is 0.0709 e. The summed E-state index contributed by atoms with van der Waals surface area (Å²) in [7, 11) is 0. The summed E-state index contributed by atoms with van der Waals surface area (Å²) in [6, 6.07) is 10.9. The van der Waals surface area contributed by atoms with Gasteiger partial charge in [0.1, 0.15) is 0 Å². The van der Waals surface area contributed by atoms with E-state index in [4.69, 9.17) is 0 Å². The zero-order chi connectivity index (χ0) is 6.81. The molecule has 0 bridgehead atoms. The number of rotatable bonds is 1. The highest BCUT2D eigenvalue weighted by atomic mass is 14.9. The van der Waals surface area contributed by atoms with Crippen LogP contribution in [0.5, 0.6) is 0 Å². The van der Waals surface area contributed by atoms with Gasteiger partial charge in [0.25, 0.3) is 0 Å². The van der Waals surface area contributed by atoms with Crippen LogP contribution in [-0.4, -0.2) is 0 Å². The Balaban J connectivity index is 2.26. The lowest BCUT2D eigenvalue weighted by molar-refractivity contribution is 0.686. The minimum absolute atomic E-state index is 0.459. The van der Waals surface area contributed by atoms with E-state index in [1.54, 1.807) is 0 Å². The van der Waals surface area contributed by atoms with Crippen LogP contribution >= 0.6 is 0 Å². The van der Waals surface area contributed by atoms with Crippen molar-refractivity contribution in [2.45, 2.75) is 6.04 Å². The lowest BCUT2D eigenvalue weighted by Gasteiger charge is -2.20. The number of hydrogen-bond donors (Lipinski definition) is 1. The summed E-state index contributed by atoms with van der Waals surface area (Å²) in [4.78, 5) is 0. The summed E-state index contributed by atoms with van der Waals surface area (Å²) >= 11 is 0. The third kappa shape index (κ3) is 0.798. The van der Waals surface area contributed by atoms with E-state index in [2.05, 4.69) is 35.7 Å². The molecule has 10 heavy (non-hydrogen) atoms. The molecule has 0 radical (unpaired) electrons. The van der Waals surface area contributed by atoms with Crippen LogP contribution in [0.15, 0.2) is 42.6 Å². The summed E-state index contributed by atoms with van der Waals surface area (Å²) in [5.41, 5.74) is 1.34. The van der Waals surface area contributed by atoms with Crippen molar-refractivity contribution in [3.8, 4) is 0 Å². The maximum Gasteiger partial charge on any atom is 0.0709 e. The standard InChI is InChI=1S/C9H9N/c1-2-4-8(5-3-1)9-6-7-10-9/h1-7,9-10H. The molecule has 0 aromatic heterocycles. The zero-order valence-electron chi connectivity index (χ0n) is 5.62. The first-order valence-electron chi connectivity index (χ1n) is 3.44. The summed E-state index contributed by atoms with van der Waals surface area (Å²) < 4.78 is 0. The highest BCUT2D eigenvalue weighted by Crippen LogP contribution is 2.18. The van der Waals surface area contributed by atoms with Gasteiger partial charge in [-0.3, -0.25) is 0 Å². The lowest BCUT2D eigenvalue weighted by atomic mass is 10.0. The molecule has 2 rings (SSSR count). The topological polar surface area (TPSA) is 12.0 Å². The average Bonchev–Trinajstić information content (AvgIpc) is 1.86. The molecule has 1 N–H and O–H groups in total. The van der Waals surface area contributed by atoms with Crippen LogP contribution in [0.3, 0.4) is 0 Å². The van der Waals surface area contributed by atoms with Gasteiger partial charge in [-0.25, -0.2) is 0 Å². The van der Waals surface area contributed by atoms with Crippen LogP contribution in [0.4, 0.5) is 0 Å². The maximum atomic E-state index is 3.18. The van der Waals surface area contributed by atoms with E-state index >= 15 is 0 Å². The normalized spacial score (nSPS) is 21.4. The van der Waals surface area contributed by atoms with E-state index in [-0.39, 0.29) is 0 Å². The minimum atomic E-state index is 0.459. The largest absolute Gasteiger partial charge is 0.381 e. The maximum absolute atomic E-state index is 3.18. The summed E-state index contributed by atoms with van der Waals surface area (Å²) in [5, 5.41) is 3.18. The average molecular weight is 131 g/mol. The lowest BCUT2D eigenvalue weighted by Crippen LogP contribution is -2.20. The van der Waals surface area contributed by atoms with Crippen LogP contribution in [0, 0.1) is 0 Å². The van der Waals surface area contributed by atoms with Crippen LogP contribution in [0.25, 0.3) is 0 Å². The van der Waals surface area contributed by atoms with E-state index in [0.29, 0.717) is 6.04 Å². The van der Waals surface area contributed by atoms with Gasteiger partial charge in [0.05, 0.1) is 6.04 Å². The molecule has 1 aromatic rings. The Morgan fingerprint density at radius 2 is 1.80 bits per heavy atom. The van der Waals surface area contributed by atoms with Crippen molar-refractivity contribution in [1.29, 1.82) is 0 Å². The molecule has 1 aliphatic rings. The van der Waals surface area contributed by atoms with Gasteiger partial charge in [-0.15, -0.1) is 0 Å². The minimum Gasteiger partial charge on any atom is -0.381 e. The third-order valence-corrected chi connectivity index (χ3v) is 1.72. The van der Waals surface area contributed by atoms with Gasteiger partial charge < -0.3 is 5.32 Å². The van der Waals surface area contributed by atoms with Crippen LogP contribution in [0.1, 0.15) is 11.6 Å². The monoisotopic (exact) mass is 131 g/mol. The summed E-state index contributed by atoms with van der Waals surface area (Å²) in [6.45, 7) is 0. The Hall–Kier alpha value is -1.24. The number of nitrogens with one attached hydrogen (secondary N) is 1. The quantitative estimate of drug-likeness (QED) is 0.613. The summed E-state index contributed by atoms with van der Waals surface area (Å²) in [6.07, 6.45) is 4.12. The SMILES string of the molecule is C1=CC(c2ccccc2)N1. The molecule has 1 heterocycles. The molecule has 1 heteroatoms. The number of hydrogen-bond acceptors (Lipinski definition) is 1. The fourth-order valence-corrected chi connectivity index (χ4v) is 1.06. The Morgan fingerprint density at radius 3 is 2.30 bits per heavy atom. The third-order valence-electron chi connectivity index (χ3n) is 1.72. The first kappa shape index (κ1) is 5.54. The van der Waals surface area contributed by atoms with E-state index < -0.39 is 0 Å². The van der Waals surface area contributed by atoms with Gasteiger partial charge in [-0.05, 0) is 17.8 Å². The predicted octanol–water partition coefficient (Wildman–Crippen LogP) is 1.84. The zero-order valence-corrected chi connectivity index (χ0v) is 5.62. The molecule has 1 unspecified atom stereocenters. The summed E-state index contributed by atoms with van der Waals surface area (Å²) in [5.74, 6) is 0. The fourth-order valence-electron chi connectivity index (χ4n) is 1.06. The Labute approximate surface area is 60.4 Å².